The molecule has 1 fully saturated rings. The van der Waals surface area contributed by atoms with Gasteiger partial charge in [0.15, 0.2) is 0 Å². The summed E-state index contributed by atoms with van der Waals surface area (Å²) in [4.78, 5) is 19.8. The minimum atomic E-state index is -0.550. The molecule has 8 nitrogen and oxygen atoms in total. The van der Waals surface area contributed by atoms with Gasteiger partial charge in [-0.1, -0.05) is 0 Å². The zero-order chi connectivity index (χ0) is 20.7. The number of rotatable bonds is 8. The van der Waals surface area contributed by atoms with Gasteiger partial charge in [-0.2, -0.15) is 0 Å². The molecule has 1 aromatic carbocycles. The van der Waals surface area contributed by atoms with Gasteiger partial charge in [-0.25, -0.2) is 4.79 Å². The van der Waals surface area contributed by atoms with Crippen LogP contribution in [0.4, 0.5) is 4.79 Å². The Hall–Kier alpha value is -2.03. The summed E-state index contributed by atoms with van der Waals surface area (Å²) in [6.45, 7) is 4.52. The van der Waals surface area contributed by atoms with Gasteiger partial charge < -0.3 is 29.3 Å². The lowest BCUT2D eigenvalue weighted by Crippen LogP contribution is -2.51. The molecule has 1 saturated heterocycles. The Morgan fingerprint density at radius 2 is 1.86 bits per heavy atom. The first kappa shape index (κ1) is 22.3. The number of amides is 2. The standard InChI is InChI=1S/C20H34N4O4/c1-21(2)14-17(25)15-28-19-7-6-18(27-5)12-16(19)13-23-8-10-24(11-9-23)20(26)22(3)4/h6-7,12,17,25H,8-11,13-15H2,1-5H3/t17-/m0/s1. The summed E-state index contributed by atoms with van der Waals surface area (Å²) in [5, 5.41) is 10.1. The Bertz CT molecular complexity index is 631. The summed E-state index contributed by atoms with van der Waals surface area (Å²) in [6, 6.07) is 5.79. The van der Waals surface area contributed by atoms with Gasteiger partial charge in [0.2, 0.25) is 0 Å². The fourth-order valence-corrected chi connectivity index (χ4v) is 3.23. The molecule has 0 radical (unpaired) electrons. The zero-order valence-electron chi connectivity index (χ0n) is 17.7. The molecule has 0 aliphatic carbocycles. The van der Waals surface area contributed by atoms with E-state index in [9.17, 15) is 9.90 Å². The van der Waals surface area contributed by atoms with Crippen molar-refractivity contribution in [3.63, 3.8) is 0 Å². The molecule has 1 N–H and O–H groups in total. The van der Waals surface area contributed by atoms with Gasteiger partial charge in [0.25, 0.3) is 0 Å². The number of ether oxygens (including phenoxy) is 2. The van der Waals surface area contributed by atoms with E-state index < -0.39 is 6.10 Å². The maximum Gasteiger partial charge on any atom is 0.319 e. The Morgan fingerprint density at radius 3 is 2.43 bits per heavy atom. The third kappa shape index (κ3) is 6.54. The summed E-state index contributed by atoms with van der Waals surface area (Å²) in [5.41, 5.74) is 1.02. The average Bonchev–Trinajstić information content (AvgIpc) is 2.66. The van der Waals surface area contributed by atoms with Crippen LogP contribution in [0.15, 0.2) is 18.2 Å². The monoisotopic (exact) mass is 394 g/mol. The predicted molar refractivity (Wildman–Crippen MR) is 109 cm³/mol. The Labute approximate surface area is 168 Å². The van der Waals surface area contributed by atoms with Gasteiger partial charge >= 0.3 is 6.03 Å². The van der Waals surface area contributed by atoms with E-state index in [4.69, 9.17) is 9.47 Å². The lowest BCUT2D eigenvalue weighted by Gasteiger charge is -2.36. The van der Waals surface area contributed by atoms with Crippen molar-refractivity contribution in [2.45, 2.75) is 12.6 Å². The number of piperazine rings is 1. The highest BCUT2D eigenvalue weighted by Crippen LogP contribution is 2.26. The van der Waals surface area contributed by atoms with Crippen molar-refractivity contribution < 1.29 is 19.4 Å². The molecule has 1 heterocycles. The first-order chi connectivity index (χ1) is 13.3. The number of nitrogens with zero attached hydrogens (tertiary/aromatic N) is 4. The Morgan fingerprint density at radius 1 is 1.18 bits per heavy atom. The topological polar surface area (TPSA) is 68.7 Å². The van der Waals surface area contributed by atoms with Crippen LogP contribution in [0.1, 0.15) is 5.56 Å². The van der Waals surface area contributed by atoms with Crippen LogP contribution >= 0.6 is 0 Å². The van der Waals surface area contributed by atoms with E-state index >= 15 is 0 Å². The quantitative estimate of drug-likeness (QED) is 0.703. The Kier molecular flexibility index (Phi) is 8.35. The molecule has 1 aliphatic rings. The number of carbonyl (C=O) groups is 1. The molecule has 0 aromatic heterocycles. The molecule has 2 amide bonds. The van der Waals surface area contributed by atoms with Gasteiger partial charge in [0, 0.05) is 58.9 Å². The molecular weight excluding hydrogens is 360 g/mol. The lowest BCUT2D eigenvalue weighted by molar-refractivity contribution is 0.0816. The van der Waals surface area contributed by atoms with Crippen LogP contribution < -0.4 is 9.47 Å². The number of urea groups is 1. The smallest absolute Gasteiger partial charge is 0.319 e. The third-order valence-corrected chi connectivity index (χ3v) is 4.69. The van der Waals surface area contributed by atoms with Crippen LogP contribution in [0, 0.1) is 0 Å². The fraction of sp³-hybridized carbons (Fsp3) is 0.650. The summed E-state index contributed by atoms with van der Waals surface area (Å²) >= 11 is 0. The van der Waals surface area contributed by atoms with Crippen LogP contribution in [0.25, 0.3) is 0 Å². The number of hydrogen-bond donors (Lipinski definition) is 1. The molecule has 0 spiro atoms. The van der Waals surface area contributed by atoms with Crippen molar-refractivity contribution in [1.29, 1.82) is 0 Å². The summed E-state index contributed by atoms with van der Waals surface area (Å²) in [5.74, 6) is 1.53. The van der Waals surface area contributed by atoms with Gasteiger partial charge in [-0.15, -0.1) is 0 Å². The van der Waals surface area contributed by atoms with E-state index in [2.05, 4.69) is 4.90 Å². The number of hydrogen-bond acceptors (Lipinski definition) is 6. The minimum Gasteiger partial charge on any atom is -0.497 e. The molecule has 0 bridgehead atoms. The number of methoxy groups -OCH3 is 1. The molecule has 8 heteroatoms. The largest absolute Gasteiger partial charge is 0.497 e. The number of likely N-dealkylation sites (N-methyl/N-ethyl adjacent to an activating group) is 1. The summed E-state index contributed by atoms with van der Waals surface area (Å²) in [7, 11) is 9.04. The third-order valence-electron chi connectivity index (χ3n) is 4.69. The summed E-state index contributed by atoms with van der Waals surface area (Å²) < 4.78 is 11.3. The Balaban J connectivity index is 1.98. The van der Waals surface area contributed by atoms with E-state index in [-0.39, 0.29) is 12.6 Å². The van der Waals surface area contributed by atoms with Gasteiger partial charge in [0.1, 0.15) is 24.2 Å². The molecule has 1 atom stereocenters. The second kappa shape index (κ2) is 10.5. The number of carbonyl (C=O) groups excluding carboxylic acids is 1. The average molecular weight is 395 g/mol. The van der Waals surface area contributed by atoms with E-state index in [1.165, 1.54) is 0 Å². The number of aliphatic hydroxyl groups is 1. The SMILES string of the molecule is COc1ccc(OC[C@@H](O)CN(C)C)c(CN2CCN(C(=O)N(C)C)CC2)c1. The van der Waals surface area contributed by atoms with Crippen molar-refractivity contribution in [2.75, 3.05) is 74.6 Å². The molecule has 1 aliphatic heterocycles. The second-order valence-electron chi connectivity index (χ2n) is 7.64. The van der Waals surface area contributed by atoms with Gasteiger partial charge in [-0.05, 0) is 32.3 Å². The van der Waals surface area contributed by atoms with Crippen molar-refractivity contribution in [2.24, 2.45) is 0 Å². The molecule has 28 heavy (non-hydrogen) atoms. The highest BCUT2D eigenvalue weighted by molar-refractivity contribution is 5.73. The summed E-state index contributed by atoms with van der Waals surface area (Å²) in [6.07, 6.45) is -0.550. The lowest BCUT2D eigenvalue weighted by atomic mass is 10.1. The normalized spacial score (nSPS) is 16.2. The van der Waals surface area contributed by atoms with E-state index in [0.717, 1.165) is 30.2 Å². The van der Waals surface area contributed by atoms with E-state index in [1.807, 2.05) is 42.1 Å². The molecule has 1 aromatic rings. The highest BCUT2D eigenvalue weighted by Gasteiger charge is 2.23. The number of aliphatic hydroxyl groups excluding tert-OH is 1. The van der Waals surface area contributed by atoms with E-state index in [1.54, 1.807) is 26.1 Å². The second-order valence-corrected chi connectivity index (χ2v) is 7.64. The van der Waals surface area contributed by atoms with Crippen molar-refractivity contribution in [3.8, 4) is 11.5 Å². The maximum absolute atomic E-state index is 12.1. The number of benzene rings is 1. The van der Waals surface area contributed by atoms with Crippen LogP contribution in [0.5, 0.6) is 11.5 Å². The highest BCUT2D eigenvalue weighted by atomic mass is 16.5. The zero-order valence-corrected chi connectivity index (χ0v) is 17.7. The first-order valence-electron chi connectivity index (χ1n) is 9.61. The van der Waals surface area contributed by atoms with Crippen molar-refractivity contribution in [3.05, 3.63) is 23.8 Å². The first-order valence-corrected chi connectivity index (χ1v) is 9.61. The molecule has 0 unspecified atom stereocenters. The molecule has 2 rings (SSSR count). The van der Waals surface area contributed by atoms with Crippen LogP contribution in [-0.2, 0) is 6.54 Å². The van der Waals surface area contributed by atoms with Crippen LogP contribution in [0.2, 0.25) is 0 Å². The molecule has 0 saturated carbocycles. The molecular formula is C20H34N4O4. The van der Waals surface area contributed by atoms with Crippen molar-refractivity contribution >= 4 is 6.03 Å². The van der Waals surface area contributed by atoms with E-state index in [0.29, 0.717) is 26.2 Å². The van der Waals surface area contributed by atoms with Gasteiger partial charge in [-0.3, -0.25) is 4.90 Å². The maximum atomic E-state index is 12.1. The minimum absolute atomic E-state index is 0.0555. The van der Waals surface area contributed by atoms with Gasteiger partial charge in [0.05, 0.1) is 7.11 Å². The van der Waals surface area contributed by atoms with Crippen LogP contribution in [0.3, 0.4) is 0 Å². The van der Waals surface area contributed by atoms with Crippen LogP contribution in [-0.4, -0.2) is 111 Å². The predicted octanol–water partition coefficient (Wildman–Crippen LogP) is 0.796. The van der Waals surface area contributed by atoms with Crippen molar-refractivity contribution in [1.82, 2.24) is 19.6 Å². The fourth-order valence-electron chi connectivity index (χ4n) is 3.23. The molecule has 158 valence electrons.